The number of aromatic nitrogens is 1. The summed E-state index contributed by atoms with van der Waals surface area (Å²) in [6, 6.07) is 1.47. The zero-order valence-corrected chi connectivity index (χ0v) is 10.3. The van der Waals surface area contributed by atoms with E-state index in [-0.39, 0.29) is 12.3 Å². The number of carbonyl (C=O) groups excluding carboxylic acids is 3. The van der Waals surface area contributed by atoms with Gasteiger partial charge in [0.2, 0.25) is 11.7 Å². The molecule has 0 bridgehead atoms. The third-order valence-electron chi connectivity index (χ3n) is 2.87. The molecule has 2 rings (SSSR count). The fraction of sp³-hybridized carbons (Fsp3) is 0.455. The molecule has 1 aromatic heterocycles. The smallest absolute Gasteiger partial charge is 0.293 e. The number of aryl methyl sites for hydroxylation is 1. The van der Waals surface area contributed by atoms with Gasteiger partial charge in [0.05, 0.1) is 5.69 Å². The lowest BCUT2D eigenvalue weighted by Crippen LogP contribution is -2.65. The monoisotopic (exact) mass is 251 g/mol. The van der Waals surface area contributed by atoms with Crippen molar-refractivity contribution in [2.24, 2.45) is 0 Å². The highest BCUT2D eigenvalue weighted by molar-refractivity contribution is 6.08. The van der Waals surface area contributed by atoms with Crippen LogP contribution in [-0.2, 0) is 9.59 Å². The summed E-state index contributed by atoms with van der Waals surface area (Å²) in [5.74, 6) is -1.53. The highest BCUT2D eigenvalue weighted by atomic mass is 16.5. The van der Waals surface area contributed by atoms with Crippen LogP contribution in [0.25, 0.3) is 0 Å². The fourth-order valence-electron chi connectivity index (χ4n) is 1.71. The van der Waals surface area contributed by atoms with Gasteiger partial charge in [0.1, 0.15) is 12.1 Å². The number of amides is 3. The predicted octanol–water partition coefficient (Wildman–Crippen LogP) is -0.140. The lowest BCUT2D eigenvalue weighted by molar-refractivity contribution is -0.143. The Labute approximate surface area is 103 Å². The summed E-state index contributed by atoms with van der Waals surface area (Å²) in [5, 5.41) is 5.80. The number of piperazine rings is 1. The van der Waals surface area contributed by atoms with E-state index in [9.17, 15) is 14.4 Å². The zero-order chi connectivity index (χ0) is 13.5. The summed E-state index contributed by atoms with van der Waals surface area (Å²) < 4.78 is 4.86. The molecule has 1 fully saturated rings. The summed E-state index contributed by atoms with van der Waals surface area (Å²) in [4.78, 5) is 36.4. The van der Waals surface area contributed by atoms with Crippen LogP contribution in [0.5, 0.6) is 0 Å². The van der Waals surface area contributed by atoms with Gasteiger partial charge in [-0.2, -0.15) is 0 Å². The van der Waals surface area contributed by atoms with Gasteiger partial charge in [0.15, 0.2) is 0 Å². The third-order valence-corrected chi connectivity index (χ3v) is 2.87. The lowest BCUT2D eigenvalue weighted by atomic mass is 9.98. The molecular weight excluding hydrogens is 238 g/mol. The molecule has 7 heteroatoms. The average molecular weight is 251 g/mol. The van der Waals surface area contributed by atoms with Gasteiger partial charge in [0.25, 0.3) is 11.8 Å². The molecule has 0 aromatic carbocycles. The molecule has 3 amide bonds. The number of nitrogens with one attached hydrogen (secondary N) is 1. The summed E-state index contributed by atoms with van der Waals surface area (Å²) in [5.41, 5.74) is -0.546. The molecule has 96 valence electrons. The normalized spacial score (nSPS) is 18.7. The van der Waals surface area contributed by atoms with Crippen molar-refractivity contribution >= 4 is 17.7 Å². The Kier molecular flexibility index (Phi) is 2.68. The van der Waals surface area contributed by atoms with Crippen LogP contribution < -0.4 is 5.32 Å². The molecule has 1 saturated heterocycles. The van der Waals surface area contributed by atoms with E-state index < -0.39 is 23.3 Å². The first kappa shape index (κ1) is 12.3. The standard InChI is InChI=1S/C11H13N3O4/c1-6-4-7(18-13-6)9(16)14-5-8(15)12-10(17)11(14,2)3/h4H,5H2,1-3H3,(H,12,15,17). The van der Waals surface area contributed by atoms with Crippen LogP contribution in [0.2, 0.25) is 0 Å². The Bertz CT molecular complexity index is 532. The highest BCUT2D eigenvalue weighted by Gasteiger charge is 2.44. The molecule has 0 spiro atoms. The van der Waals surface area contributed by atoms with Gasteiger partial charge in [-0.05, 0) is 20.8 Å². The lowest BCUT2D eigenvalue weighted by Gasteiger charge is -2.39. The summed E-state index contributed by atoms with van der Waals surface area (Å²) in [6.07, 6.45) is 0. The van der Waals surface area contributed by atoms with Gasteiger partial charge in [-0.25, -0.2) is 0 Å². The maximum absolute atomic E-state index is 12.2. The number of nitrogens with zero attached hydrogens (tertiary/aromatic N) is 2. The maximum atomic E-state index is 12.2. The molecule has 1 aliphatic rings. The van der Waals surface area contributed by atoms with E-state index in [1.54, 1.807) is 20.8 Å². The third kappa shape index (κ3) is 1.87. The average Bonchev–Trinajstić information content (AvgIpc) is 2.70. The maximum Gasteiger partial charge on any atom is 0.293 e. The molecule has 7 nitrogen and oxygen atoms in total. The Morgan fingerprint density at radius 2 is 2.17 bits per heavy atom. The molecule has 0 aliphatic carbocycles. The van der Waals surface area contributed by atoms with Crippen molar-refractivity contribution in [1.29, 1.82) is 0 Å². The van der Waals surface area contributed by atoms with Gasteiger partial charge in [-0.1, -0.05) is 5.16 Å². The first-order valence-corrected chi connectivity index (χ1v) is 5.42. The van der Waals surface area contributed by atoms with Gasteiger partial charge in [-0.3, -0.25) is 19.7 Å². The van der Waals surface area contributed by atoms with Crippen molar-refractivity contribution in [2.75, 3.05) is 6.54 Å². The highest BCUT2D eigenvalue weighted by Crippen LogP contribution is 2.21. The number of carbonyl (C=O) groups is 3. The molecule has 1 N–H and O–H groups in total. The van der Waals surface area contributed by atoms with Crippen LogP contribution >= 0.6 is 0 Å². The van der Waals surface area contributed by atoms with E-state index >= 15 is 0 Å². The molecule has 0 radical (unpaired) electrons. The molecule has 2 heterocycles. The number of hydrogen-bond donors (Lipinski definition) is 1. The zero-order valence-electron chi connectivity index (χ0n) is 10.3. The van der Waals surface area contributed by atoms with Crippen LogP contribution in [0.1, 0.15) is 30.1 Å². The molecule has 1 aromatic rings. The topological polar surface area (TPSA) is 92.5 Å². The quantitative estimate of drug-likeness (QED) is 0.701. The van der Waals surface area contributed by atoms with E-state index in [2.05, 4.69) is 10.5 Å². The number of hydrogen-bond acceptors (Lipinski definition) is 5. The Morgan fingerprint density at radius 3 is 2.72 bits per heavy atom. The number of imide groups is 1. The minimum absolute atomic E-state index is 0.0167. The second-order valence-corrected chi connectivity index (χ2v) is 4.66. The van der Waals surface area contributed by atoms with Crippen LogP contribution in [-0.4, -0.2) is 39.9 Å². The molecule has 0 atom stereocenters. The SMILES string of the molecule is Cc1cc(C(=O)N2CC(=O)NC(=O)C2(C)C)on1. The van der Waals surface area contributed by atoms with Crippen LogP contribution in [0.3, 0.4) is 0 Å². The van der Waals surface area contributed by atoms with Crippen molar-refractivity contribution < 1.29 is 18.9 Å². The van der Waals surface area contributed by atoms with Crippen LogP contribution in [0.15, 0.2) is 10.6 Å². The van der Waals surface area contributed by atoms with Crippen molar-refractivity contribution in [3.8, 4) is 0 Å². The molecule has 1 aliphatic heterocycles. The van der Waals surface area contributed by atoms with Crippen molar-refractivity contribution in [1.82, 2.24) is 15.4 Å². The van der Waals surface area contributed by atoms with Gasteiger partial charge in [-0.15, -0.1) is 0 Å². The first-order valence-electron chi connectivity index (χ1n) is 5.42. The van der Waals surface area contributed by atoms with Crippen molar-refractivity contribution in [2.45, 2.75) is 26.3 Å². The minimum atomic E-state index is -1.11. The van der Waals surface area contributed by atoms with E-state index in [0.29, 0.717) is 5.69 Å². The van der Waals surface area contributed by atoms with Gasteiger partial charge >= 0.3 is 0 Å². The molecule has 0 unspecified atom stereocenters. The predicted molar refractivity (Wildman–Crippen MR) is 59.5 cm³/mol. The summed E-state index contributed by atoms with van der Waals surface area (Å²) in [6.45, 7) is 4.63. The van der Waals surface area contributed by atoms with Gasteiger partial charge in [0, 0.05) is 6.07 Å². The second kappa shape index (κ2) is 3.94. The largest absolute Gasteiger partial charge is 0.351 e. The van der Waals surface area contributed by atoms with Crippen LogP contribution in [0.4, 0.5) is 0 Å². The van der Waals surface area contributed by atoms with Gasteiger partial charge < -0.3 is 9.42 Å². The van der Waals surface area contributed by atoms with Crippen LogP contribution in [0, 0.1) is 6.92 Å². The molecule has 18 heavy (non-hydrogen) atoms. The molecule has 0 saturated carbocycles. The van der Waals surface area contributed by atoms with E-state index in [1.165, 1.54) is 11.0 Å². The van der Waals surface area contributed by atoms with Crippen molar-refractivity contribution in [3.63, 3.8) is 0 Å². The van der Waals surface area contributed by atoms with Crippen molar-refractivity contribution in [3.05, 3.63) is 17.5 Å². The second-order valence-electron chi connectivity index (χ2n) is 4.66. The Balaban J connectivity index is 2.33. The van der Waals surface area contributed by atoms with E-state index in [0.717, 1.165) is 0 Å². The van der Waals surface area contributed by atoms with E-state index in [4.69, 9.17) is 4.52 Å². The molecular formula is C11H13N3O4. The minimum Gasteiger partial charge on any atom is -0.351 e. The summed E-state index contributed by atoms with van der Waals surface area (Å²) >= 11 is 0. The fourth-order valence-corrected chi connectivity index (χ4v) is 1.71. The summed E-state index contributed by atoms with van der Waals surface area (Å²) in [7, 11) is 0. The first-order chi connectivity index (χ1) is 8.32. The number of rotatable bonds is 1. The Hall–Kier alpha value is -2.18. The Morgan fingerprint density at radius 1 is 1.50 bits per heavy atom. The van der Waals surface area contributed by atoms with E-state index in [1.807, 2.05) is 0 Å².